The van der Waals surface area contributed by atoms with Gasteiger partial charge in [-0.1, -0.05) is 32.8 Å². The first kappa shape index (κ1) is 20.6. The van der Waals surface area contributed by atoms with Gasteiger partial charge in [-0.3, -0.25) is 4.79 Å². The van der Waals surface area contributed by atoms with Gasteiger partial charge in [-0.2, -0.15) is 0 Å². The van der Waals surface area contributed by atoms with Gasteiger partial charge in [-0.25, -0.2) is 4.79 Å². The van der Waals surface area contributed by atoms with E-state index in [1.54, 1.807) is 0 Å². The number of allylic oxidation sites excluding steroid dienone is 1. The van der Waals surface area contributed by atoms with E-state index in [2.05, 4.69) is 6.92 Å². The summed E-state index contributed by atoms with van der Waals surface area (Å²) in [4.78, 5) is 25.3. The summed E-state index contributed by atoms with van der Waals surface area (Å²) in [7, 11) is 3.75. The number of esters is 2. The Hall–Kier alpha value is -1.36. The second-order valence-electron chi connectivity index (χ2n) is 5.64. The van der Waals surface area contributed by atoms with Gasteiger partial charge < -0.3 is 14.4 Å². The van der Waals surface area contributed by atoms with E-state index in [4.69, 9.17) is 9.47 Å². The molecule has 0 N–H and O–H groups in total. The summed E-state index contributed by atoms with van der Waals surface area (Å²) in [5.74, 6) is -0.722. The molecule has 0 saturated heterocycles. The minimum Gasteiger partial charge on any atom is -0.466 e. The number of hydrogen-bond acceptors (Lipinski definition) is 5. The normalized spacial score (nSPS) is 12.6. The Morgan fingerprint density at radius 2 is 1.86 bits per heavy atom. The van der Waals surface area contributed by atoms with Gasteiger partial charge in [-0.05, 0) is 33.4 Å². The van der Waals surface area contributed by atoms with Gasteiger partial charge >= 0.3 is 11.9 Å². The first-order valence-corrected chi connectivity index (χ1v) is 8.17. The Kier molecular flexibility index (Phi) is 12.5. The molecule has 0 aliphatic rings. The van der Waals surface area contributed by atoms with E-state index in [1.807, 2.05) is 32.0 Å². The smallest absolute Gasteiger partial charge is 0.330 e. The second-order valence-corrected chi connectivity index (χ2v) is 5.64. The van der Waals surface area contributed by atoms with Crippen molar-refractivity contribution in [2.24, 2.45) is 0 Å². The standard InChI is InChI=1S/C17H31NO4/c1-5-7-8-9-10-11-16(19)22-15(14-18(3)4)13-17(20)21-12-6-2/h10-11,15H,5-9,12-14H2,1-4H3. The van der Waals surface area contributed by atoms with Crippen LogP contribution < -0.4 is 0 Å². The number of ether oxygens (including phenoxy) is 2. The molecule has 0 radical (unpaired) electrons. The van der Waals surface area contributed by atoms with Gasteiger partial charge in [0.15, 0.2) is 0 Å². The van der Waals surface area contributed by atoms with Crippen molar-refractivity contribution in [3.63, 3.8) is 0 Å². The fraction of sp³-hybridized carbons (Fsp3) is 0.765. The molecular weight excluding hydrogens is 282 g/mol. The molecule has 0 saturated carbocycles. The van der Waals surface area contributed by atoms with E-state index in [-0.39, 0.29) is 12.4 Å². The average molecular weight is 313 g/mol. The third kappa shape index (κ3) is 12.4. The molecule has 0 aromatic rings. The zero-order valence-electron chi connectivity index (χ0n) is 14.5. The molecule has 0 aromatic carbocycles. The Bertz CT molecular complexity index is 340. The van der Waals surface area contributed by atoms with Gasteiger partial charge in [0.1, 0.15) is 6.10 Å². The maximum absolute atomic E-state index is 11.8. The summed E-state index contributed by atoms with van der Waals surface area (Å²) in [5.41, 5.74) is 0. The monoisotopic (exact) mass is 313 g/mol. The molecule has 128 valence electrons. The molecule has 5 nitrogen and oxygen atoms in total. The molecular formula is C17H31NO4. The molecule has 0 bridgehead atoms. The summed E-state index contributed by atoms with van der Waals surface area (Å²) in [6.07, 6.45) is 7.94. The molecule has 0 spiro atoms. The van der Waals surface area contributed by atoms with E-state index in [1.165, 1.54) is 6.08 Å². The average Bonchev–Trinajstić information content (AvgIpc) is 2.44. The fourth-order valence-electron chi connectivity index (χ4n) is 1.91. The minimum absolute atomic E-state index is 0.0909. The lowest BCUT2D eigenvalue weighted by Gasteiger charge is -2.20. The summed E-state index contributed by atoms with van der Waals surface area (Å²) < 4.78 is 10.4. The molecule has 0 amide bonds. The van der Waals surface area contributed by atoms with Crippen LogP contribution in [-0.2, 0) is 19.1 Å². The summed E-state index contributed by atoms with van der Waals surface area (Å²) in [6, 6.07) is 0. The second kappa shape index (κ2) is 13.3. The van der Waals surface area contributed by atoms with Crippen molar-refractivity contribution in [1.29, 1.82) is 0 Å². The largest absolute Gasteiger partial charge is 0.466 e. The topological polar surface area (TPSA) is 55.8 Å². The van der Waals surface area contributed by atoms with Gasteiger partial charge in [0.25, 0.3) is 0 Å². The quantitative estimate of drug-likeness (QED) is 0.315. The van der Waals surface area contributed by atoms with Gasteiger partial charge in [0, 0.05) is 12.6 Å². The van der Waals surface area contributed by atoms with Crippen LogP contribution in [0.5, 0.6) is 0 Å². The van der Waals surface area contributed by atoms with E-state index in [0.717, 1.165) is 32.1 Å². The highest BCUT2D eigenvalue weighted by Crippen LogP contribution is 2.05. The molecule has 0 aliphatic heterocycles. The van der Waals surface area contributed by atoms with E-state index in [0.29, 0.717) is 13.2 Å². The highest BCUT2D eigenvalue weighted by molar-refractivity contribution is 5.82. The van der Waals surface area contributed by atoms with Crippen LogP contribution in [0.1, 0.15) is 52.4 Å². The van der Waals surface area contributed by atoms with Crippen molar-refractivity contribution >= 4 is 11.9 Å². The van der Waals surface area contributed by atoms with Crippen LogP contribution >= 0.6 is 0 Å². The third-order valence-electron chi connectivity index (χ3n) is 2.94. The molecule has 0 aliphatic carbocycles. The summed E-state index contributed by atoms with van der Waals surface area (Å²) >= 11 is 0. The van der Waals surface area contributed by atoms with E-state index < -0.39 is 12.1 Å². The molecule has 1 atom stereocenters. The molecule has 0 fully saturated rings. The lowest BCUT2D eigenvalue weighted by atomic mass is 10.2. The number of rotatable bonds is 12. The predicted molar refractivity (Wildman–Crippen MR) is 87.6 cm³/mol. The number of nitrogens with zero attached hydrogens (tertiary/aromatic N) is 1. The zero-order valence-corrected chi connectivity index (χ0v) is 14.5. The first-order valence-electron chi connectivity index (χ1n) is 8.17. The predicted octanol–water partition coefficient (Wildman–Crippen LogP) is 2.94. The summed E-state index contributed by atoms with van der Waals surface area (Å²) in [5, 5.41) is 0. The summed E-state index contributed by atoms with van der Waals surface area (Å²) in [6.45, 7) is 4.98. The number of likely N-dealkylation sites (N-methyl/N-ethyl adjacent to an activating group) is 1. The number of hydrogen-bond donors (Lipinski definition) is 0. The fourth-order valence-corrected chi connectivity index (χ4v) is 1.91. The highest BCUT2D eigenvalue weighted by atomic mass is 16.6. The molecule has 22 heavy (non-hydrogen) atoms. The van der Waals surface area contributed by atoms with E-state index >= 15 is 0 Å². The van der Waals surface area contributed by atoms with Crippen molar-refractivity contribution < 1.29 is 19.1 Å². The minimum atomic E-state index is -0.479. The van der Waals surface area contributed by atoms with E-state index in [9.17, 15) is 9.59 Å². The van der Waals surface area contributed by atoms with Crippen LogP contribution in [0, 0.1) is 0 Å². The van der Waals surface area contributed by atoms with Crippen molar-refractivity contribution in [3.8, 4) is 0 Å². The maximum atomic E-state index is 11.8. The van der Waals surface area contributed by atoms with Crippen molar-refractivity contribution in [1.82, 2.24) is 4.90 Å². The van der Waals surface area contributed by atoms with Crippen molar-refractivity contribution in [2.45, 2.75) is 58.5 Å². The SMILES string of the molecule is CCCCCC=CC(=O)OC(CC(=O)OCCC)CN(C)C. The molecule has 0 rings (SSSR count). The first-order chi connectivity index (χ1) is 10.5. The van der Waals surface area contributed by atoms with Crippen LogP contribution in [0.15, 0.2) is 12.2 Å². The van der Waals surface area contributed by atoms with Crippen molar-refractivity contribution in [2.75, 3.05) is 27.2 Å². The zero-order chi connectivity index (χ0) is 16.8. The molecule has 5 heteroatoms. The lowest BCUT2D eigenvalue weighted by Crippen LogP contribution is -2.32. The highest BCUT2D eigenvalue weighted by Gasteiger charge is 2.19. The molecule has 1 unspecified atom stereocenters. The Morgan fingerprint density at radius 3 is 2.45 bits per heavy atom. The number of unbranched alkanes of at least 4 members (excludes halogenated alkanes) is 3. The third-order valence-corrected chi connectivity index (χ3v) is 2.94. The van der Waals surface area contributed by atoms with Crippen LogP contribution in [0.2, 0.25) is 0 Å². The van der Waals surface area contributed by atoms with Crippen LogP contribution in [0.4, 0.5) is 0 Å². The Labute approximate surface area is 134 Å². The lowest BCUT2D eigenvalue weighted by molar-refractivity contribution is -0.152. The van der Waals surface area contributed by atoms with Crippen LogP contribution in [0.3, 0.4) is 0 Å². The van der Waals surface area contributed by atoms with Gasteiger partial charge in [-0.15, -0.1) is 0 Å². The molecule has 0 heterocycles. The maximum Gasteiger partial charge on any atom is 0.330 e. The molecule has 0 aromatic heterocycles. The van der Waals surface area contributed by atoms with Gasteiger partial charge in [0.2, 0.25) is 0 Å². The number of carbonyl (C=O) groups excluding carboxylic acids is 2. The Morgan fingerprint density at radius 1 is 1.14 bits per heavy atom. The van der Waals surface area contributed by atoms with Crippen LogP contribution in [-0.4, -0.2) is 50.2 Å². The van der Waals surface area contributed by atoms with Crippen molar-refractivity contribution in [3.05, 3.63) is 12.2 Å². The Balaban J connectivity index is 4.26. The van der Waals surface area contributed by atoms with Gasteiger partial charge in [0.05, 0.1) is 13.0 Å². The number of carbonyl (C=O) groups is 2. The van der Waals surface area contributed by atoms with Crippen LogP contribution in [0.25, 0.3) is 0 Å².